The van der Waals surface area contributed by atoms with Crippen molar-refractivity contribution in [1.29, 1.82) is 0 Å². The Morgan fingerprint density at radius 1 is 1.16 bits per heavy atom. The van der Waals surface area contributed by atoms with Crippen LogP contribution in [0.15, 0.2) is 42.6 Å². The second-order valence-corrected chi connectivity index (χ2v) is 9.23. The van der Waals surface area contributed by atoms with Gasteiger partial charge >= 0.3 is 0 Å². The Labute approximate surface area is 186 Å². The van der Waals surface area contributed by atoms with Crippen LogP contribution in [0.2, 0.25) is 0 Å². The van der Waals surface area contributed by atoms with Gasteiger partial charge in [0, 0.05) is 24.7 Å². The summed E-state index contributed by atoms with van der Waals surface area (Å²) in [5.41, 5.74) is 1.52. The first-order chi connectivity index (χ1) is 14.8. The molecule has 0 saturated carbocycles. The molecule has 0 unspecified atom stereocenters. The van der Waals surface area contributed by atoms with Gasteiger partial charge in [0.15, 0.2) is 0 Å². The molecule has 0 aliphatic carbocycles. The molecule has 1 saturated heterocycles. The first-order valence-corrected chi connectivity index (χ1v) is 11.0. The van der Waals surface area contributed by atoms with Gasteiger partial charge in [0.25, 0.3) is 0 Å². The number of aromatic nitrogens is 1. The molecule has 3 rings (SSSR count). The number of nitrogens with one attached hydrogen (secondary N) is 1. The number of amides is 1. The first kappa shape index (κ1) is 23.1. The molecular weight excluding hydrogens is 390 g/mol. The SMILES string of the molecule is COc1cccc(OC)c1CN1CCC[C@@H]([C@@H](NC(=O)C(C)(C)C)c2ccccn2)C1. The first-order valence-electron chi connectivity index (χ1n) is 11.0. The third kappa shape index (κ3) is 5.76. The maximum absolute atomic E-state index is 12.8. The van der Waals surface area contributed by atoms with E-state index >= 15 is 0 Å². The van der Waals surface area contributed by atoms with E-state index in [4.69, 9.17) is 9.47 Å². The Hall–Kier alpha value is -2.60. The maximum atomic E-state index is 12.8. The second kappa shape index (κ2) is 10.1. The number of benzene rings is 1. The molecule has 6 nitrogen and oxygen atoms in total. The summed E-state index contributed by atoms with van der Waals surface area (Å²) in [6.07, 6.45) is 3.91. The smallest absolute Gasteiger partial charge is 0.225 e. The molecule has 2 heterocycles. The van der Waals surface area contributed by atoms with Gasteiger partial charge in [-0.1, -0.05) is 32.9 Å². The summed E-state index contributed by atoms with van der Waals surface area (Å²) in [5.74, 6) is 2.00. The monoisotopic (exact) mass is 425 g/mol. The number of pyridine rings is 1. The van der Waals surface area contributed by atoms with Crippen molar-refractivity contribution in [2.45, 2.75) is 46.2 Å². The molecule has 2 atom stereocenters. The fourth-order valence-electron chi connectivity index (χ4n) is 4.17. The molecule has 1 aromatic heterocycles. The number of piperidine rings is 1. The van der Waals surface area contributed by atoms with Crippen LogP contribution < -0.4 is 14.8 Å². The summed E-state index contributed by atoms with van der Waals surface area (Å²) >= 11 is 0. The lowest BCUT2D eigenvalue weighted by Crippen LogP contribution is -2.45. The molecule has 1 fully saturated rings. The molecule has 0 radical (unpaired) electrons. The standard InChI is InChI=1S/C25H35N3O3/c1-25(2,3)24(29)27-23(20-11-6-7-14-26-20)18-10-9-15-28(16-18)17-19-21(30-4)12-8-13-22(19)31-5/h6-8,11-14,18,23H,9-10,15-17H2,1-5H3,(H,27,29)/t18-,23-/m1/s1. The number of likely N-dealkylation sites (tertiary alicyclic amines) is 1. The number of nitrogens with zero attached hydrogens (tertiary/aromatic N) is 2. The van der Waals surface area contributed by atoms with E-state index in [0.717, 1.165) is 55.2 Å². The van der Waals surface area contributed by atoms with Gasteiger partial charge in [-0.25, -0.2) is 0 Å². The molecule has 6 heteroatoms. The van der Waals surface area contributed by atoms with Crippen molar-refractivity contribution in [3.8, 4) is 11.5 Å². The lowest BCUT2D eigenvalue weighted by Gasteiger charge is -2.38. The van der Waals surface area contributed by atoms with Crippen LogP contribution in [0, 0.1) is 11.3 Å². The van der Waals surface area contributed by atoms with Crippen molar-refractivity contribution in [3.63, 3.8) is 0 Å². The third-order valence-corrected chi connectivity index (χ3v) is 5.90. The van der Waals surface area contributed by atoms with Crippen molar-refractivity contribution >= 4 is 5.91 Å². The normalized spacial score (nSPS) is 18.3. The van der Waals surface area contributed by atoms with Crippen LogP contribution in [0.3, 0.4) is 0 Å². The highest BCUT2D eigenvalue weighted by Crippen LogP contribution is 2.34. The van der Waals surface area contributed by atoms with Crippen molar-refractivity contribution < 1.29 is 14.3 Å². The molecule has 168 valence electrons. The summed E-state index contributed by atoms with van der Waals surface area (Å²) in [6.45, 7) is 8.44. The van der Waals surface area contributed by atoms with E-state index in [2.05, 4.69) is 15.2 Å². The maximum Gasteiger partial charge on any atom is 0.225 e. The Bertz CT molecular complexity index is 842. The van der Waals surface area contributed by atoms with Gasteiger partial charge in [0.05, 0.1) is 31.5 Å². The van der Waals surface area contributed by atoms with E-state index in [0.29, 0.717) is 0 Å². The second-order valence-electron chi connectivity index (χ2n) is 9.23. The van der Waals surface area contributed by atoms with Gasteiger partial charge in [-0.3, -0.25) is 14.7 Å². The molecule has 0 bridgehead atoms. The minimum Gasteiger partial charge on any atom is -0.496 e. The Balaban J connectivity index is 1.82. The van der Waals surface area contributed by atoms with E-state index in [1.54, 1.807) is 20.4 Å². The fourth-order valence-corrected chi connectivity index (χ4v) is 4.17. The van der Waals surface area contributed by atoms with E-state index in [9.17, 15) is 4.79 Å². The van der Waals surface area contributed by atoms with Crippen LogP contribution in [0.25, 0.3) is 0 Å². The summed E-state index contributed by atoms with van der Waals surface area (Å²) < 4.78 is 11.2. The fraction of sp³-hybridized carbons (Fsp3) is 0.520. The van der Waals surface area contributed by atoms with Crippen LogP contribution in [0.1, 0.15) is 50.9 Å². The summed E-state index contributed by atoms with van der Waals surface area (Å²) in [6, 6.07) is 11.7. The topological polar surface area (TPSA) is 63.7 Å². The van der Waals surface area contributed by atoms with Gasteiger partial charge < -0.3 is 14.8 Å². The van der Waals surface area contributed by atoms with Crippen molar-refractivity contribution in [2.24, 2.45) is 11.3 Å². The van der Waals surface area contributed by atoms with Gasteiger partial charge in [0.2, 0.25) is 5.91 Å². The van der Waals surface area contributed by atoms with Crippen molar-refractivity contribution in [2.75, 3.05) is 27.3 Å². The predicted molar refractivity (Wildman–Crippen MR) is 122 cm³/mol. The van der Waals surface area contributed by atoms with E-state index in [1.807, 2.05) is 57.2 Å². The summed E-state index contributed by atoms with van der Waals surface area (Å²) in [4.78, 5) is 19.8. The Kier molecular flexibility index (Phi) is 7.55. The van der Waals surface area contributed by atoms with Gasteiger partial charge in [0.1, 0.15) is 11.5 Å². The van der Waals surface area contributed by atoms with Crippen molar-refractivity contribution in [3.05, 3.63) is 53.9 Å². The number of methoxy groups -OCH3 is 2. The van der Waals surface area contributed by atoms with Gasteiger partial charge in [-0.05, 0) is 49.6 Å². The molecule has 31 heavy (non-hydrogen) atoms. The molecule has 1 aromatic carbocycles. The lowest BCUT2D eigenvalue weighted by molar-refractivity contribution is -0.130. The molecule has 1 aliphatic rings. The zero-order valence-electron chi connectivity index (χ0n) is 19.4. The summed E-state index contributed by atoms with van der Waals surface area (Å²) in [5, 5.41) is 3.30. The third-order valence-electron chi connectivity index (χ3n) is 5.90. The number of ether oxygens (including phenoxy) is 2. The highest BCUT2D eigenvalue weighted by Gasteiger charge is 2.33. The zero-order chi connectivity index (χ0) is 22.4. The number of carbonyl (C=O) groups excluding carboxylic acids is 1. The number of hydrogen-bond acceptors (Lipinski definition) is 5. The minimum atomic E-state index is -0.452. The van der Waals surface area contributed by atoms with Crippen LogP contribution in [0.4, 0.5) is 0 Å². The van der Waals surface area contributed by atoms with Crippen LogP contribution in [-0.4, -0.2) is 43.1 Å². The highest BCUT2D eigenvalue weighted by molar-refractivity contribution is 5.81. The lowest BCUT2D eigenvalue weighted by atomic mass is 9.86. The number of hydrogen-bond donors (Lipinski definition) is 1. The molecule has 1 aliphatic heterocycles. The average Bonchev–Trinajstić information content (AvgIpc) is 2.77. The highest BCUT2D eigenvalue weighted by atomic mass is 16.5. The Morgan fingerprint density at radius 2 is 1.87 bits per heavy atom. The minimum absolute atomic E-state index is 0.0478. The molecule has 0 spiro atoms. The van der Waals surface area contributed by atoms with E-state index in [-0.39, 0.29) is 17.9 Å². The van der Waals surface area contributed by atoms with Gasteiger partial charge in [-0.15, -0.1) is 0 Å². The number of carbonyl (C=O) groups is 1. The molecular formula is C25H35N3O3. The predicted octanol–water partition coefficient (Wildman–Crippen LogP) is 4.21. The average molecular weight is 426 g/mol. The van der Waals surface area contributed by atoms with Crippen LogP contribution >= 0.6 is 0 Å². The molecule has 1 amide bonds. The van der Waals surface area contributed by atoms with Crippen molar-refractivity contribution in [1.82, 2.24) is 15.2 Å². The Morgan fingerprint density at radius 3 is 2.45 bits per heavy atom. The van der Waals surface area contributed by atoms with E-state index < -0.39 is 5.41 Å². The molecule has 2 aromatic rings. The van der Waals surface area contributed by atoms with Crippen LogP contribution in [-0.2, 0) is 11.3 Å². The number of rotatable bonds is 7. The molecule has 1 N–H and O–H groups in total. The largest absolute Gasteiger partial charge is 0.496 e. The zero-order valence-corrected chi connectivity index (χ0v) is 19.4. The quantitative estimate of drug-likeness (QED) is 0.720. The van der Waals surface area contributed by atoms with Crippen LogP contribution in [0.5, 0.6) is 11.5 Å². The summed E-state index contributed by atoms with van der Waals surface area (Å²) in [7, 11) is 3.38. The van der Waals surface area contributed by atoms with Gasteiger partial charge in [-0.2, -0.15) is 0 Å². The van der Waals surface area contributed by atoms with E-state index in [1.165, 1.54) is 0 Å².